The summed E-state index contributed by atoms with van der Waals surface area (Å²) in [5.41, 5.74) is 2.69. The first kappa shape index (κ1) is 11.0. The van der Waals surface area contributed by atoms with Gasteiger partial charge in [0.2, 0.25) is 0 Å². The zero-order valence-corrected chi connectivity index (χ0v) is 9.79. The minimum atomic E-state index is 0.672. The first-order valence-electron chi connectivity index (χ1n) is 5.00. The molecule has 0 saturated heterocycles. The fourth-order valence-corrected chi connectivity index (χ4v) is 1.98. The standard InChI is InChI=1S/C13H12ClNO/c1-9(2)6-15-7-10(8-16)12-4-3-11(14)5-13(12)15/h3-5,7-8H,1,6H2,2H3. The molecule has 0 aliphatic carbocycles. The third-order valence-electron chi connectivity index (χ3n) is 2.44. The van der Waals surface area contributed by atoms with Crippen molar-refractivity contribution in [2.24, 2.45) is 0 Å². The van der Waals surface area contributed by atoms with Crippen LogP contribution >= 0.6 is 11.6 Å². The van der Waals surface area contributed by atoms with E-state index in [1.165, 1.54) is 0 Å². The van der Waals surface area contributed by atoms with Gasteiger partial charge in [-0.2, -0.15) is 0 Å². The third kappa shape index (κ3) is 1.89. The average Bonchev–Trinajstić information content (AvgIpc) is 2.55. The van der Waals surface area contributed by atoms with Gasteiger partial charge in [0.25, 0.3) is 0 Å². The third-order valence-corrected chi connectivity index (χ3v) is 2.68. The van der Waals surface area contributed by atoms with E-state index in [2.05, 4.69) is 6.58 Å². The SMILES string of the molecule is C=C(C)Cn1cc(C=O)c2ccc(Cl)cc21. The molecule has 0 N–H and O–H groups in total. The molecule has 0 atom stereocenters. The second-order valence-corrected chi connectivity index (χ2v) is 4.39. The average molecular weight is 234 g/mol. The fourth-order valence-electron chi connectivity index (χ4n) is 1.81. The van der Waals surface area contributed by atoms with Gasteiger partial charge in [0, 0.05) is 28.7 Å². The van der Waals surface area contributed by atoms with Crippen molar-refractivity contribution in [3.63, 3.8) is 0 Å². The quantitative estimate of drug-likeness (QED) is 0.586. The molecular formula is C13H12ClNO. The zero-order chi connectivity index (χ0) is 11.7. The van der Waals surface area contributed by atoms with Crippen molar-refractivity contribution in [2.45, 2.75) is 13.5 Å². The molecule has 82 valence electrons. The molecule has 2 nitrogen and oxygen atoms in total. The van der Waals surface area contributed by atoms with Gasteiger partial charge in [0.1, 0.15) is 0 Å². The number of benzene rings is 1. The number of aromatic nitrogens is 1. The van der Waals surface area contributed by atoms with E-state index in [1.807, 2.05) is 29.8 Å². The number of nitrogens with zero attached hydrogens (tertiary/aromatic N) is 1. The van der Waals surface area contributed by atoms with Crippen molar-refractivity contribution < 1.29 is 4.79 Å². The van der Waals surface area contributed by atoms with Crippen LogP contribution in [-0.2, 0) is 6.54 Å². The van der Waals surface area contributed by atoms with E-state index < -0.39 is 0 Å². The second-order valence-electron chi connectivity index (χ2n) is 3.95. The molecule has 0 unspecified atom stereocenters. The summed E-state index contributed by atoms with van der Waals surface area (Å²) in [5.74, 6) is 0. The van der Waals surface area contributed by atoms with E-state index in [-0.39, 0.29) is 0 Å². The lowest BCUT2D eigenvalue weighted by molar-refractivity contribution is 0.112. The number of hydrogen-bond acceptors (Lipinski definition) is 1. The Hall–Kier alpha value is -1.54. The predicted molar refractivity (Wildman–Crippen MR) is 67.1 cm³/mol. The summed E-state index contributed by atoms with van der Waals surface area (Å²) in [6.45, 7) is 6.53. The Bertz CT molecular complexity index is 569. The van der Waals surface area contributed by atoms with Crippen LogP contribution < -0.4 is 0 Å². The van der Waals surface area contributed by atoms with E-state index in [0.29, 0.717) is 17.1 Å². The molecular weight excluding hydrogens is 222 g/mol. The van der Waals surface area contributed by atoms with Crippen molar-refractivity contribution in [1.82, 2.24) is 4.57 Å². The smallest absolute Gasteiger partial charge is 0.152 e. The van der Waals surface area contributed by atoms with Crippen LogP contribution in [0.25, 0.3) is 10.9 Å². The molecule has 0 aliphatic heterocycles. The summed E-state index contributed by atoms with van der Waals surface area (Å²) in [6.07, 6.45) is 2.70. The van der Waals surface area contributed by atoms with Crippen molar-refractivity contribution >= 4 is 28.8 Å². The van der Waals surface area contributed by atoms with Gasteiger partial charge in [-0.25, -0.2) is 0 Å². The molecule has 1 aromatic carbocycles. The molecule has 0 aliphatic rings. The first-order chi connectivity index (χ1) is 7.61. The lowest BCUT2D eigenvalue weighted by Crippen LogP contribution is -1.95. The predicted octanol–water partition coefficient (Wildman–Crippen LogP) is 3.68. The Morgan fingerprint density at radius 3 is 2.94 bits per heavy atom. The number of aldehydes is 1. The second kappa shape index (κ2) is 4.14. The zero-order valence-electron chi connectivity index (χ0n) is 9.03. The molecule has 2 rings (SSSR count). The van der Waals surface area contributed by atoms with Crippen molar-refractivity contribution in [2.75, 3.05) is 0 Å². The van der Waals surface area contributed by atoms with Crippen LogP contribution in [0.4, 0.5) is 0 Å². The van der Waals surface area contributed by atoms with Crippen LogP contribution in [0.15, 0.2) is 36.5 Å². The minimum absolute atomic E-state index is 0.672. The van der Waals surface area contributed by atoms with Crippen LogP contribution in [0, 0.1) is 0 Å². The van der Waals surface area contributed by atoms with Crippen LogP contribution in [0.3, 0.4) is 0 Å². The highest BCUT2D eigenvalue weighted by Crippen LogP contribution is 2.24. The lowest BCUT2D eigenvalue weighted by Gasteiger charge is -2.04. The number of halogens is 1. The maximum atomic E-state index is 10.9. The van der Waals surface area contributed by atoms with Crippen LogP contribution in [-0.4, -0.2) is 10.9 Å². The van der Waals surface area contributed by atoms with E-state index in [9.17, 15) is 4.79 Å². The monoisotopic (exact) mass is 233 g/mol. The fraction of sp³-hybridized carbons (Fsp3) is 0.154. The summed E-state index contributed by atoms with van der Waals surface area (Å²) < 4.78 is 1.99. The van der Waals surface area contributed by atoms with Crippen molar-refractivity contribution in [3.05, 3.63) is 47.1 Å². The summed E-state index contributed by atoms with van der Waals surface area (Å²) in [6, 6.07) is 5.53. The van der Waals surface area contributed by atoms with E-state index in [0.717, 1.165) is 22.8 Å². The molecule has 0 radical (unpaired) electrons. The number of fused-ring (bicyclic) bond motifs is 1. The number of carbonyl (C=O) groups is 1. The van der Waals surface area contributed by atoms with Crippen LogP contribution in [0.1, 0.15) is 17.3 Å². The normalized spacial score (nSPS) is 10.6. The lowest BCUT2D eigenvalue weighted by atomic mass is 10.2. The first-order valence-corrected chi connectivity index (χ1v) is 5.37. The van der Waals surface area contributed by atoms with Crippen LogP contribution in [0.2, 0.25) is 5.02 Å². The summed E-state index contributed by atoms with van der Waals surface area (Å²) in [7, 11) is 0. The van der Waals surface area contributed by atoms with E-state index in [4.69, 9.17) is 11.6 Å². The number of rotatable bonds is 3. The van der Waals surface area contributed by atoms with Crippen molar-refractivity contribution in [1.29, 1.82) is 0 Å². The van der Waals surface area contributed by atoms with Gasteiger partial charge in [0.15, 0.2) is 6.29 Å². The molecule has 16 heavy (non-hydrogen) atoms. The maximum absolute atomic E-state index is 10.9. The molecule has 0 bridgehead atoms. The number of allylic oxidation sites excluding steroid dienone is 1. The number of hydrogen-bond donors (Lipinski definition) is 0. The van der Waals surface area contributed by atoms with Crippen LogP contribution in [0.5, 0.6) is 0 Å². The van der Waals surface area contributed by atoms with Gasteiger partial charge in [-0.1, -0.05) is 29.8 Å². The van der Waals surface area contributed by atoms with E-state index >= 15 is 0 Å². The summed E-state index contributed by atoms with van der Waals surface area (Å²) >= 11 is 5.96. The largest absolute Gasteiger partial charge is 0.343 e. The summed E-state index contributed by atoms with van der Waals surface area (Å²) in [4.78, 5) is 10.9. The highest BCUT2D eigenvalue weighted by Gasteiger charge is 2.08. The Labute approximate surface area is 99.1 Å². The van der Waals surface area contributed by atoms with Gasteiger partial charge in [-0.15, -0.1) is 0 Å². The van der Waals surface area contributed by atoms with Gasteiger partial charge < -0.3 is 4.57 Å². The molecule has 0 amide bonds. The highest BCUT2D eigenvalue weighted by atomic mass is 35.5. The highest BCUT2D eigenvalue weighted by molar-refractivity contribution is 6.31. The molecule has 1 aromatic heterocycles. The van der Waals surface area contributed by atoms with Gasteiger partial charge in [0.05, 0.1) is 5.52 Å². The van der Waals surface area contributed by atoms with Gasteiger partial charge >= 0.3 is 0 Å². The molecule has 0 saturated carbocycles. The molecule has 2 aromatic rings. The summed E-state index contributed by atoms with van der Waals surface area (Å²) in [5, 5.41) is 1.60. The Morgan fingerprint density at radius 1 is 1.56 bits per heavy atom. The van der Waals surface area contributed by atoms with E-state index in [1.54, 1.807) is 6.07 Å². The van der Waals surface area contributed by atoms with Gasteiger partial charge in [-0.3, -0.25) is 4.79 Å². The molecule has 3 heteroatoms. The Balaban J connectivity index is 2.68. The maximum Gasteiger partial charge on any atom is 0.152 e. The van der Waals surface area contributed by atoms with Crippen molar-refractivity contribution in [3.8, 4) is 0 Å². The topological polar surface area (TPSA) is 22.0 Å². The molecule has 0 spiro atoms. The Morgan fingerprint density at radius 2 is 2.31 bits per heavy atom. The molecule has 1 heterocycles. The Kier molecular flexibility index (Phi) is 2.84. The van der Waals surface area contributed by atoms with Gasteiger partial charge in [-0.05, 0) is 19.1 Å². The minimum Gasteiger partial charge on any atom is -0.343 e. The number of carbonyl (C=O) groups excluding carboxylic acids is 1. The molecule has 0 fully saturated rings.